The first kappa shape index (κ1) is 25.4. The van der Waals surface area contributed by atoms with E-state index in [4.69, 9.17) is 9.47 Å². The van der Waals surface area contributed by atoms with Gasteiger partial charge < -0.3 is 9.47 Å². The zero-order chi connectivity index (χ0) is 27.5. The van der Waals surface area contributed by atoms with E-state index >= 15 is 0 Å². The Morgan fingerprint density at radius 1 is 0.650 bits per heavy atom. The number of carbonyl (C=O) groups is 1. The molecule has 7 nitrogen and oxygen atoms in total. The Morgan fingerprint density at radius 3 is 1.50 bits per heavy atom. The van der Waals surface area contributed by atoms with Crippen LogP contribution in [0.5, 0.6) is 11.5 Å². The summed E-state index contributed by atoms with van der Waals surface area (Å²) in [5.74, 6) is 1.54. The first-order valence-corrected chi connectivity index (χ1v) is 13.4. The molecule has 200 valence electrons. The van der Waals surface area contributed by atoms with Gasteiger partial charge in [0.25, 0.3) is 0 Å². The second-order valence-corrected chi connectivity index (χ2v) is 9.92. The van der Waals surface area contributed by atoms with Crippen molar-refractivity contribution in [3.8, 4) is 11.5 Å². The van der Waals surface area contributed by atoms with E-state index < -0.39 is 12.1 Å². The van der Waals surface area contributed by atoms with Crippen molar-refractivity contribution in [1.82, 2.24) is 19.6 Å². The Bertz CT molecular complexity index is 1630. The molecular formula is C33H30N4O3. The summed E-state index contributed by atoms with van der Waals surface area (Å²) in [6, 6.07) is 30.8. The van der Waals surface area contributed by atoms with Crippen LogP contribution in [-0.2, 0) is 18.0 Å². The maximum Gasteiger partial charge on any atom is 0.181 e. The van der Waals surface area contributed by atoms with E-state index in [0.717, 1.165) is 44.4 Å². The number of hydrogen-bond donors (Lipinski definition) is 0. The molecule has 6 rings (SSSR count). The van der Waals surface area contributed by atoms with Gasteiger partial charge in [-0.25, -0.2) is 0 Å². The zero-order valence-corrected chi connectivity index (χ0v) is 22.5. The normalized spacial score (nSPS) is 12.8. The highest BCUT2D eigenvalue weighted by molar-refractivity contribution is 5.90. The molecule has 0 spiro atoms. The maximum absolute atomic E-state index is 13.6. The van der Waals surface area contributed by atoms with E-state index in [1.165, 1.54) is 0 Å². The molecule has 0 fully saturated rings. The predicted molar refractivity (Wildman–Crippen MR) is 155 cm³/mol. The molecule has 2 unspecified atom stereocenters. The average molecular weight is 531 g/mol. The van der Waals surface area contributed by atoms with Crippen molar-refractivity contribution < 1.29 is 14.3 Å². The Balaban J connectivity index is 1.15. The highest BCUT2D eigenvalue weighted by atomic mass is 16.5. The number of nitrogens with zero attached hydrogens (tertiary/aromatic N) is 4. The molecule has 0 radical (unpaired) electrons. The van der Waals surface area contributed by atoms with Crippen LogP contribution in [0.4, 0.5) is 0 Å². The number of Topliss-reactive ketones (excluding diaryl/α,β-unsaturated/α-hetero) is 1. The van der Waals surface area contributed by atoms with Crippen molar-refractivity contribution >= 4 is 27.6 Å². The number of aromatic nitrogens is 4. The molecule has 2 heterocycles. The lowest BCUT2D eigenvalue weighted by molar-refractivity contribution is -0.124. The van der Waals surface area contributed by atoms with Gasteiger partial charge in [0.05, 0.1) is 23.4 Å². The summed E-state index contributed by atoms with van der Waals surface area (Å²) in [4.78, 5) is 13.6. The minimum Gasteiger partial charge on any atom is -0.489 e. The van der Waals surface area contributed by atoms with Gasteiger partial charge in [0.1, 0.15) is 36.8 Å². The topological polar surface area (TPSA) is 71.2 Å². The smallest absolute Gasteiger partial charge is 0.181 e. The van der Waals surface area contributed by atoms with E-state index in [0.29, 0.717) is 13.2 Å². The van der Waals surface area contributed by atoms with Crippen LogP contribution >= 0.6 is 0 Å². The number of rotatable bonds is 10. The molecule has 0 bridgehead atoms. The largest absolute Gasteiger partial charge is 0.489 e. The molecule has 6 aromatic rings. The number of hydrogen-bond acceptors (Lipinski definition) is 5. The first-order chi connectivity index (χ1) is 19.6. The van der Waals surface area contributed by atoms with Crippen molar-refractivity contribution in [2.45, 2.75) is 39.1 Å². The van der Waals surface area contributed by atoms with Gasteiger partial charge in [-0.3, -0.25) is 14.2 Å². The number of ether oxygens (including phenoxy) is 2. The van der Waals surface area contributed by atoms with Gasteiger partial charge in [0.15, 0.2) is 5.78 Å². The van der Waals surface area contributed by atoms with E-state index in [9.17, 15) is 4.79 Å². The third-order valence-corrected chi connectivity index (χ3v) is 7.19. The zero-order valence-electron chi connectivity index (χ0n) is 22.5. The Kier molecular flexibility index (Phi) is 7.02. The number of fused-ring (bicyclic) bond motifs is 2. The monoisotopic (exact) mass is 530 g/mol. The summed E-state index contributed by atoms with van der Waals surface area (Å²) in [7, 11) is 0. The van der Waals surface area contributed by atoms with Crippen molar-refractivity contribution in [1.29, 1.82) is 0 Å². The molecule has 7 heteroatoms. The fraction of sp³-hybridized carbons (Fsp3) is 0.182. The van der Waals surface area contributed by atoms with Crippen molar-refractivity contribution in [2.24, 2.45) is 0 Å². The summed E-state index contributed by atoms with van der Waals surface area (Å²) < 4.78 is 15.5. The lowest BCUT2D eigenvalue weighted by Gasteiger charge is -2.19. The predicted octanol–water partition coefficient (Wildman–Crippen LogP) is 6.94. The van der Waals surface area contributed by atoms with Crippen LogP contribution in [0.2, 0.25) is 0 Å². The number of carbonyl (C=O) groups excluding carboxylic acids is 1. The standard InChI is InChI=1S/C33H30N4O3/c1-23(36-31-15-13-29(17-27(31)19-34-36)39-21-25-9-5-3-6-10-25)33(38)24(2)37-32-16-14-30(18-28(32)20-35-37)40-22-26-11-7-4-8-12-26/h3-20,23-24H,21-22H2,1-2H3. The molecule has 0 N–H and O–H groups in total. The van der Waals surface area contributed by atoms with E-state index in [-0.39, 0.29) is 5.78 Å². The second kappa shape index (κ2) is 11.1. The molecule has 0 amide bonds. The number of benzene rings is 4. The van der Waals surface area contributed by atoms with Gasteiger partial charge in [0, 0.05) is 10.8 Å². The summed E-state index contributed by atoms with van der Waals surface area (Å²) >= 11 is 0. The van der Waals surface area contributed by atoms with E-state index in [1.54, 1.807) is 21.8 Å². The van der Waals surface area contributed by atoms with Crippen LogP contribution in [0, 0.1) is 0 Å². The lowest BCUT2D eigenvalue weighted by Crippen LogP contribution is -2.26. The quantitative estimate of drug-likeness (QED) is 0.192. The van der Waals surface area contributed by atoms with Gasteiger partial charge >= 0.3 is 0 Å². The average Bonchev–Trinajstić information content (AvgIpc) is 3.63. The molecule has 0 saturated carbocycles. The van der Waals surface area contributed by atoms with Crippen molar-refractivity contribution in [3.63, 3.8) is 0 Å². The summed E-state index contributed by atoms with van der Waals surface area (Å²) in [5.41, 5.74) is 3.97. The lowest BCUT2D eigenvalue weighted by atomic mass is 10.1. The van der Waals surface area contributed by atoms with Crippen LogP contribution < -0.4 is 9.47 Å². The van der Waals surface area contributed by atoms with Gasteiger partial charge in [-0.15, -0.1) is 0 Å². The van der Waals surface area contributed by atoms with Crippen LogP contribution in [0.3, 0.4) is 0 Å². The SMILES string of the molecule is CC(C(=O)C(C)n1ncc2cc(OCc3ccccc3)ccc21)n1ncc2cc(OCc3ccccc3)ccc21. The molecule has 2 aromatic heterocycles. The number of ketones is 1. The van der Waals surface area contributed by atoms with Gasteiger partial charge in [0.2, 0.25) is 0 Å². The van der Waals surface area contributed by atoms with Crippen LogP contribution in [-0.4, -0.2) is 25.3 Å². The maximum atomic E-state index is 13.6. The summed E-state index contributed by atoms with van der Waals surface area (Å²) in [5, 5.41) is 10.9. The Hall–Kier alpha value is -4.91. The summed E-state index contributed by atoms with van der Waals surface area (Å²) in [6.07, 6.45) is 3.55. The molecule has 0 aliphatic rings. The molecule has 0 aliphatic heterocycles. The molecule has 4 aromatic carbocycles. The third-order valence-electron chi connectivity index (χ3n) is 7.19. The van der Waals surface area contributed by atoms with Gasteiger partial charge in [-0.2, -0.15) is 10.2 Å². The second-order valence-electron chi connectivity index (χ2n) is 9.92. The minimum absolute atomic E-state index is 0.0174. The van der Waals surface area contributed by atoms with Crippen molar-refractivity contribution in [3.05, 3.63) is 121 Å². The Morgan fingerprint density at radius 2 is 1.07 bits per heavy atom. The van der Waals surface area contributed by atoms with Crippen LogP contribution in [0.1, 0.15) is 37.1 Å². The molecule has 0 saturated heterocycles. The fourth-order valence-electron chi connectivity index (χ4n) is 4.93. The van der Waals surface area contributed by atoms with E-state index in [1.807, 2.05) is 111 Å². The van der Waals surface area contributed by atoms with Crippen molar-refractivity contribution in [2.75, 3.05) is 0 Å². The fourth-order valence-corrected chi connectivity index (χ4v) is 4.93. The minimum atomic E-state index is -0.476. The van der Waals surface area contributed by atoms with Crippen LogP contribution in [0.15, 0.2) is 109 Å². The summed E-state index contributed by atoms with van der Waals surface area (Å²) in [6.45, 7) is 4.75. The molecule has 0 aliphatic carbocycles. The van der Waals surface area contributed by atoms with E-state index in [2.05, 4.69) is 10.2 Å². The first-order valence-electron chi connectivity index (χ1n) is 13.4. The highest BCUT2D eigenvalue weighted by Crippen LogP contribution is 2.28. The molecule has 2 atom stereocenters. The van der Waals surface area contributed by atoms with Gasteiger partial charge in [-0.05, 0) is 61.4 Å². The molecular weight excluding hydrogens is 500 g/mol. The van der Waals surface area contributed by atoms with Gasteiger partial charge in [-0.1, -0.05) is 60.7 Å². The molecule has 40 heavy (non-hydrogen) atoms. The third kappa shape index (κ3) is 5.18. The Labute approximate surface area is 232 Å². The van der Waals surface area contributed by atoms with Crippen LogP contribution in [0.25, 0.3) is 21.8 Å². The highest BCUT2D eigenvalue weighted by Gasteiger charge is 2.26.